The second-order valence-corrected chi connectivity index (χ2v) is 6.49. The summed E-state index contributed by atoms with van der Waals surface area (Å²) in [5.41, 5.74) is 0. The van der Waals surface area contributed by atoms with E-state index in [2.05, 4.69) is 36.3 Å². The first-order chi connectivity index (χ1) is 12.3. The lowest BCUT2D eigenvalue weighted by molar-refractivity contribution is 0.00395. The first kappa shape index (κ1) is 22.2. The van der Waals surface area contributed by atoms with Crippen molar-refractivity contribution in [3.05, 3.63) is 0 Å². The molecule has 0 spiro atoms. The Kier molecular flexibility index (Phi) is 12.7. The molecule has 1 fully saturated rings. The van der Waals surface area contributed by atoms with Gasteiger partial charge in [0.25, 0.3) is 0 Å². The van der Waals surface area contributed by atoms with Gasteiger partial charge < -0.3 is 20.1 Å². The van der Waals surface area contributed by atoms with Gasteiger partial charge in [-0.15, -0.1) is 0 Å². The zero-order chi connectivity index (χ0) is 18.3. The third kappa shape index (κ3) is 8.88. The van der Waals surface area contributed by atoms with Crippen LogP contribution in [0.1, 0.15) is 47.0 Å². The van der Waals surface area contributed by atoms with Gasteiger partial charge in [0.2, 0.25) is 0 Å². The Hall–Kier alpha value is -0.850. The highest BCUT2D eigenvalue weighted by Crippen LogP contribution is 2.20. The second kappa shape index (κ2) is 14.3. The Balaban J connectivity index is 2.61. The number of nitrogens with one attached hydrogen (secondary N) is 2. The lowest BCUT2D eigenvalue weighted by Crippen LogP contribution is -2.49. The summed E-state index contributed by atoms with van der Waals surface area (Å²) in [5, 5.41) is 6.79. The van der Waals surface area contributed by atoms with Crippen LogP contribution < -0.4 is 10.6 Å². The normalized spacial score (nSPS) is 17.7. The predicted molar refractivity (Wildman–Crippen MR) is 105 cm³/mol. The van der Waals surface area contributed by atoms with Gasteiger partial charge in [0.15, 0.2) is 5.96 Å². The summed E-state index contributed by atoms with van der Waals surface area (Å²) in [4.78, 5) is 7.47. The topological polar surface area (TPSA) is 58.1 Å². The van der Waals surface area contributed by atoms with E-state index in [0.717, 1.165) is 71.5 Å². The SMILES string of the molecule is CCNC(=NCC(C(CC)CC)N1CCOCC1)NCCCOCC. The van der Waals surface area contributed by atoms with Crippen molar-refractivity contribution in [2.45, 2.75) is 53.0 Å². The fraction of sp³-hybridized carbons (Fsp3) is 0.947. The molecule has 1 aliphatic rings. The minimum atomic E-state index is 0.498. The van der Waals surface area contributed by atoms with Gasteiger partial charge in [-0.1, -0.05) is 26.7 Å². The third-order valence-corrected chi connectivity index (χ3v) is 4.85. The lowest BCUT2D eigenvalue weighted by atomic mass is 9.92. The molecule has 148 valence electrons. The number of guanidine groups is 1. The number of nitrogens with zero attached hydrogens (tertiary/aromatic N) is 2. The van der Waals surface area contributed by atoms with Gasteiger partial charge in [-0.05, 0) is 26.2 Å². The summed E-state index contributed by atoms with van der Waals surface area (Å²) in [5.74, 6) is 1.60. The van der Waals surface area contributed by atoms with E-state index in [9.17, 15) is 0 Å². The Morgan fingerprint density at radius 2 is 1.84 bits per heavy atom. The molecule has 2 N–H and O–H groups in total. The molecule has 0 amide bonds. The van der Waals surface area contributed by atoms with Crippen molar-refractivity contribution >= 4 is 5.96 Å². The maximum atomic E-state index is 5.53. The molecule has 0 aromatic rings. The molecule has 25 heavy (non-hydrogen) atoms. The van der Waals surface area contributed by atoms with E-state index < -0.39 is 0 Å². The Morgan fingerprint density at radius 1 is 1.12 bits per heavy atom. The molecule has 1 unspecified atom stereocenters. The van der Waals surface area contributed by atoms with Crippen molar-refractivity contribution in [2.75, 3.05) is 59.2 Å². The number of ether oxygens (including phenoxy) is 2. The van der Waals surface area contributed by atoms with Crippen molar-refractivity contribution in [1.29, 1.82) is 0 Å². The van der Waals surface area contributed by atoms with Crippen molar-refractivity contribution in [3.63, 3.8) is 0 Å². The van der Waals surface area contributed by atoms with E-state index in [1.807, 2.05) is 6.92 Å². The number of hydrogen-bond donors (Lipinski definition) is 2. The maximum absolute atomic E-state index is 5.53. The van der Waals surface area contributed by atoms with Gasteiger partial charge in [0, 0.05) is 45.4 Å². The molecule has 1 heterocycles. The Bertz CT molecular complexity index is 342. The molecule has 1 atom stereocenters. The van der Waals surface area contributed by atoms with E-state index in [1.165, 1.54) is 12.8 Å². The lowest BCUT2D eigenvalue weighted by Gasteiger charge is -2.38. The molecular formula is C19H40N4O2. The number of aliphatic imine (C=N–C) groups is 1. The summed E-state index contributed by atoms with van der Waals surface area (Å²) in [7, 11) is 0. The minimum absolute atomic E-state index is 0.498. The van der Waals surface area contributed by atoms with Crippen molar-refractivity contribution in [2.24, 2.45) is 10.9 Å². The molecular weight excluding hydrogens is 316 g/mol. The fourth-order valence-electron chi connectivity index (χ4n) is 3.36. The summed E-state index contributed by atoms with van der Waals surface area (Å²) in [6.45, 7) is 16.6. The monoisotopic (exact) mass is 356 g/mol. The van der Waals surface area contributed by atoms with Crippen LogP contribution in [0.2, 0.25) is 0 Å². The molecule has 0 saturated carbocycles. The summed E-state index contributed by atoms with van der Waals surface area (Å²) >= 11 is 0. The standard InChI is InChI=1S/C19H40N4O2/c1-5-17(6-2)18(23-11-14-25-15-12-23)16-22-19(20-7-3)21-10-9-13-24-8-4/h17-18H,5-16H2,1-4H3,(H2,20,21,22). The molecule has 0 radical (unpaired) electrons. The molecule has 1 aliphatic heterocycles. The molecule has 0 aliphatic carbocycles. The second-order valence-electron chi connectivity index (χ2n) is 6.49. The molecule has 6 heteroatoms. The molecule has 6 nitrogen and oxygen atoms in total. The van der Waals surface area contributed by atoms with Gasteiger partial charge in [-0.25, -0.2) is 0 Å². The molecule has 1 rings (SSSR count). The van der Waals surface area contributed by atoms with Crippen LogP contribution >= 0.6 is 0 Å². The predicted octanol–water partition coefficient (Wildman–Crippen LogP) is 2.11. The minimum Gasteiger partial charge on any atom is -0.382 e. The average molecular weight is 357 g/mol. The van der Waals surface area contributed by atoms with Crippen LogP contribution in [0, 0.1) is 5.92 Å². The summed E-state index contributed by atoms with van der Waals surface area (Å²) in [6.07, 6.45) is 3.40. The van der Waals surface area contributed by atoms with E-state index in [0.29, 0.717) is 12.0 Å². The van der Waals surface area contributed by atoms with Gasteiger partial charge in [0.1, 0.15) is 0 Å². The zero-order valence-electron chi connectivity index (χ0n) is 16.9. The first-order valence-electron chi connectivity index (χ1n) is 10.2. The fourth-order valence-corrected chi connectivity index (χ4v) is 3.36. The molecule has 1 saturated heterocycles. The zero-order valence-corrected chi connectivity index (χ0v) is 16.9. The largest absolute Gasteiger partial charge is 0.382 e. The van der Waals surface area contributed by atoms with Crippen LogP contribution in [-0.2, 0) is 9.47 Å². The average Bonchev–Trinajstić information content (AvgIpc) is 2.65. The van der Waals surface area contributed by atoms with Crippen molar-refractivity contribution < 1.29 is 9.47 Å². The van der Waals surface area contributed by atoms with Gasteiger partial charge >= 0.3 is 0 Å². The first-order valence-corrected chi connectivity index (χ1v) is 10.2. The summed E-state index contributed by atoms with van der Waals surface area (Å²) < 4.78 is 10.9. The summed E-state index contributed by atoms with van der Waals surface area (Å²) in [6, 6.07) is 0.498. The van der Waals surface area contributed by atoms with E-state index in [4.69, 9.17) is 14.5 Å². The number of hydrogen-bond acceptors (Lipinski definition) is 4. The van der Waals surface area contributed by atoms with Crippen LogP contribution in [0.25, 0.3) is 0 Å². The number of rotatable bonds is 12. The highest BCUT2D eigenvalue weighted by atomic mass is 16.5. The van der Waals surface area contributed by atoms with E-state index >= 15 is 0 Å². The maximum Gasteiger partial charge on any atom is 0.191 e. The molecule has 0 bridgehead atoms. The number of morpholine rings is 1. The van der Waals surface area contributed by atoms with Crippen LogP contribution in [-0.4, -0.2) is 76.1 Å². The smallest absolute Gasteiger partial charge is 0.191 e. The van der Waals surface area contributed by atoms with Crippen molar-refractivity contribution in [3.8, 4) is 0 Å². The quantitative estimate of drug-likeness (QED) is 0.319. The van der Waals surface area contributed by atoms with Gasteiger partial charge in [0.05, 0.1) is 19.8 Å². The van der Waals surface area contributed by atoms with Gasteiger partial charge in [-0.2, -0.15) is 0 Å². The van der Waals surface area contributed by atoms with Crippen LogP contribution in [0.5, 0.6) is 0 Å². The van der Waals surface area contributed by atoms with Crippen LogP contribution in [0.15, 0.2) is 4.99 Å². The van der Waals surface area contributed by atoms with Gasteiger partial charge in [-0.3, -0.25) is 9.89 Å². The van der Waals surface area contributed by atoms with E-state index in [1.54, 1.807) is 0 Å². The third-order valence-electron chi connectivity index (χ3n) is 4.85. The molecule has 0 aromatic heterocycles. The van der Waals surface area contributed by atoms with Crippen molar-refractivity contribution in [1.82, 2.24) is 15.5 Å². The van der Waals surface area contributed by atoms with E-state index in [-0.39, 0.29) is 0 Å². The highest BCUT2D eigenvalue weighted by Gasteiger charge is 2.26. The molecule has 0 aromatic carbocycles. The Labute approximate surface area is 154 Å². The van der Waals surface area contributed by atoms with Crippen LogP contribution in [0.4, 0.5) is 0 Å². The van der Waals surface area contributed by atoms with Crippen LogP contribution in [0.3, 0.4) is 0 Å². The Morgan fingerprint density at radius 3 is 2.44 bits per heavy atom. The highest BCUT2D eigenvalue weighted by molar-refractivity contribution is 5.79.